The second-order valence-corrected chi connectivity index (χ2v) is 8.36. The normalized spacial score (nSPS) is 31.9. The number of rotatable bonds is 6. The van der Waals surface area contributed by atoms with Crippen molar-refractivity contribution in [1.29, 1.82) is 0 Å². The third kappa shape index (κ3) is 4.71. The molecule has 1 aliphatic heterocycles. The van der Waals surface area contributed by atoms with Gasteiger partial charge < -0.3 is 24.1 Å². The molecule has 0 amide bonds. The van der Waals surface area contributed by atoms with Crippen molar-refractivity contribution in [3.63, 3.8) is 0 Å². The van der Waals surface area contributed by atoms with E-state index in [4.69, 9.17) is 18.9 Å². The van der Waals surface area contributed by atoms with Crippen molar-refractivity contribution in [2.24, 2.45) is 0 Å². The molecular formula is C24H30O5. The first-order valence-corrected chi connectivity index (χ1v) is 10.3. The van der Waals surface area contributed by atoms with Crippen LogP contribution in [0.25, 0.3) is 0 Å². The van der Waals surface area contributed by atoms with Crippen LogP contribution in [0, 0.1) is 0 Å². The van der Waals surface area contributed by atoms with Crippen molar-refractivity contribution in [3.05, 3.63) is 71.8 Å². The van der Waals surface area contributed by atoms with E-state index in [0.717, 1.165) is 11.1 Å². The molecule has 1 aliphatic carbocycles. The fraction of sp³-hybridized carbons (Fsp3) is 0.500. The SMILES string of the molecule is C[C@@H](O[C@@H]1C[C@H](O)[C@@H]2OC(C)(C)O[C@@H]2[C@H]1OCc1ccccc1)c1ccccc1. The number of benzene rings is 2. The molecule has 5 nitrogen and oxygen atoms in total. The third-order valence-corrected chi connectivity index (χ3v) is 5.64. The topological polar surface area (TPSA) is 57.2 Å². The van der Waals surface area contributed by atoms with Crippen molar-refractivity contribution in [2.45, 2.75) is 76.2 Å². The molecule has 1 N–H and O–H groups in total. The van der Waals surface area contributed by atoms with Gasteiger partial charge in [0.25, 0.3) is 0 Å². The molecule has 1 saturated heterocycles. The van der Waals surface area contributed by atoms with E-state index >= 15 is 0 Å². The molecule has 0 unspecified atom stereocenters. The predicted molar refractivity (Wildman–Crippen MR) is 109 cm³/mol. The highest BCUT2D eigenvalue weighted by Crippen LogP contribution is 2.40. The van der Waals surface area contributed by atoms with Gasteiger partial charge in [-0.2, -0.15) is 0 Å². The minimum Gasteiger partial charge on any atom is -0.390 e. The van der Waals surface area contributed by atoms with Crippen LogP contribution in [0.2, 0.25) is 0 Å². The zero-order valence-corrected chi connectivity index (χ0v) is 17.2. The predicted octanol–water partition coefficient (Wildman–Crippen LogP) is 4.00. The lowest BCUT2D eigenvalue weighted by molar-refractivity contribution is -0.194. The fourth-order valence-corrected chi connectivity index (χ4v) is 4.25. The zero-order valence-electron chi connectivity index (χ0n) is 17.2. The maximum Gasteiger partial charge on any atom is 0.164 e. The van der Waals surface area contributed by atoms with Crippen LogP contribution in [-0.2, 0) is 25.6 Å². The van der Waals surface area contributed by atoms with Crippen LogP contribution in [-0.4, -0.2) is 41.4 Å². The first-order chi connectivity index (χ1) is 13.9. The molecule has 1 saturated carbocycles. The van der Waals surface area contributed by atoms with Crippen LogP contribution < -0.4 is 0 Å². The minimum absolute atomic E-state index is 0.122. The highest BCUT2D eigenvalue weighted by Gasteiger charge is 2.55. The summed E-state index contributed by atoms with van der Waals surface area (Å²) in [5, 5.41) is 10.7. The Morgan fingerprint density at radius 3 is 2.31 bits per heavy atom. The Labute approximate surface area is 172 Å². The van der Waals surface area contributed by atoms with Crippen LogP contribution in [0.5, 0.6) is 0 Å². The number of hydrogen-bond donors (Lipinski definition) is 1. The van der Waals surface area contributed by atoms with E-state index in [0.29, 0.717) is 13.0 Å². The summed E-state index contributed by atoms with van der Waals surface area (Å²) in [4.78, 5) is 0. The van der Waals surface area contributed by atoms with Crippen LogP contribution >= 0.6 is 0 Å². The lowest BCUT2D eigenvalue weighted by atomic mass is 9.87. The van der Waals surface area contributed by atoms with Gasteiger partial charge >= 0.3 is 0 Å². The summed E-state index contributed by atoms with van der Waals surface area (Å²) in [6.45, 7) is 6.22. The summed E-state index contributed by atoms with van der Waals surface area (Å²) < 4.78 is 24.9. The Morgan fingerprint density at radius 2 is 1.62 bits per heavy atom. The molecule has 1 heterocycles. The maximum absolute atomic E-state index is 10.7. The Hall–Kier alpha value is -1.76. The van der Waals surface area contributed by atoms with Gasteiger partial charge in [-0.25, -0.2) is 0 Å². The first-order valence-electron chi connectivity index (χ1n) is 10.3. The quantitative estimate of drug-likeness (QED) is 0.797. The highest BCUT2D eigenvalue weighted by atomic mass is 16.8. The van der Waals surface area contributed by atoms with Crippen molar-refractivity contribution in [3.8, 4) is 0 Å². The highest BCUT2D eigenvalue weighted by molar-refractivity contribution is 5.17. The molecule has 2 aromatic rings. The van der Waals surface area contributed by atoms with Crippen LogP contribution in [0.4, 0.5) is 0 Å². The molecule has 5 heteroatoms. The van der Waals surface area contributed by atoms with Gasteiger partial charge in [0.2, 0.25) is 0 Å². The molecule has 156 valence electrons. The molecule has 2 fully saturated rings. The molecular weight excluding hydrogens is 368 g/mol. The smallest absolute Gasteiger partial charge is 0.164 e. The summed E-state index contributed by atoms with van der Waals surface area (Å²) in [6.07, 6.45) is -1.78. The van der Waals surface area contributed by atoms with Gasteiger partial charge in [0.15, 0.2) is 5.79 Å². The number of ether oxygens (including phenoxy) is 4. The fourth-order valence-electron chi connectivity index (χ4n) is 4.25. The number of aliphatic hydroxyl groups excluding tert-OH is 1. The minimum atomic E-state index is -0.759. The Morgan fingerprint density at radius 1 is 1.00 bits per heavy atom. The average molecular weight is 398 g/mol. The van der Waals surface area contributed by atoms with Gasteiger partial charge in [0, 0.05) is 6.42 Å². The van der Waals surface area contributed by atoms with Crippen molar-refractivity contribution in [2.75, 3.05) is 0 Å². The molecule has 2 aliphatic rings. The van der Waals surface area contributed by atoms with Crippen LogP contribution in [0.1, 0.15) is 44.4 Å². The molecule has 6 atom stereocenters. The molecule has 0 spiro atoms. The first kappa shape index (κ1) is 20.5. The van der Waals surface area contributed by atoms with E-state index in [1.165, 1.54) is 0 Å². The summed E-state index contributed by atoms with van der Waals surface area (Å²) in [5.41, 5.74) is 2.18. The van der Waals surface area contributed by atoms with Gasteiger partial charge in [-0.15, -0.1) is 0 Å². The maximum atomic E-state index is 10.7. The monoisotopic (exact) mass is 398 g/mol. The number of hydrogen-bond acceptors (Lipinski definition) is 5. The van der Waals surface area contributed by atoms with Crippen LogP contribution in [0.15, 0.2) is 60.7 Å². The summed E-state index contributed by atoms with van der Waals surface area (Å²) in [6, 6.07) is 20.1. The molecule has 29 heavy (non-hydrogen) atoms. The standard InChI is InChI=1S/C24H30O5/c1-16(18-12-8-5-9-13-18)27-20-14-19(25)21-23(29-24(2,3)28-21)22(20)26-15-17-10-6-4-7-11-17/h4-13,16,19-23,25H,14-15H2,1-3H3/t16-,19+,20-,21+,22+,23+/m1/s1. The summed E-state index contributed by atoms with van der Waals surface area (Å²) >= 11 is 0. The molecule has 2 aromatic carbocycles. The lowest BCUT2D eigenvalue weighted by Crippen LogP contribution is -2.56. The van der Waals surface area contributed by atoms with E-state index in [1.807, 2.05) is 81.4 Å². The van der Waals surface area contributed by atoms with Gasteiger partial charge in [-0.05, 0) is 31.9 Å². The Balaban J connectivity index is 1.54. The molecule has 0 bridgehead atoms. The van der Waals surface area contributed by atoms with E-state index in [9.17, 15) is 5.11 Å². The van der Waals surface area contributed by atoms with E-state index in [2.05, 4.69) is 0 Å². The molecule has 4 rings (SSSR count). The van der Waals surface area contributed by atoms with Crippen molar-refractivity contribution < 1.29 is 24.1 Å². The van der Waals surface area contributed by atoms with E-state index in [1.54, 1.807) is 0 Å². The van der Waals surface area contributed by atoms with Crippen molar-refractivity contribution >= 4 is 0 Å². The van der Waals surface area contributed by atoms with Gasteiger partial charge in [-0.1, -0.05) is 60.7 Å². The zero-order chi connectivity index (χ0) is 20.4. The second kappa shape index (κ2) is 8.54. The van der Waals surface area contributed by atoms with E-state index < -0.39 is 18.0 Å². The summed E-state index contributed by atoms with van der Waals surface area (Å²) in [7, 11) is 0. The lowest BCUT2D eigenvalue weighted by Gasteiger charge is -2.41. The number of aliphatic hydroxyl groups is 1. The average Bonchev–Trinajstić information content (AvgIpc) is 3.05. The number of fused-ring (bicyclic) bond motifs is 1. The van der Waals surface area contributed by atoms with Gasteiger partial charge in [-0.3, -0.25) is 0 Å². The van der Waals surface area contributed by atoms with Gasteiger partial charge in [0.05, 0.1) is 24.9 Å². The largest absolute Gasteiger partial charge is 0.390 e. The van der Waals surface area contributed by atoms with E-state index in [-0.39, 0.29) is 24.4 Å². The second-order valence-electron chi connectivity index (χ2n) is 8.36. The summed E-state index contributed by atoms with van der Waals surface area (Å²) in [5.74, 6) is -0.759. The van der Waals surface area contributed by atoms with Crippen LogP contribution in [0.3, 0.4) is 0 Å². The van der Waals surface area contributed by atoms with Gasteiger partial charge in [0.1, 0.15) is 18.3 Å². The van der Waals surface area contributed by atoms with Crippen molar-refractivity contribution in [1.82, 2.24) is 0 Å². The Bertz CT molecular complexity index is 778. The Kier molecular flexibility index (Phi) is 6.04. The molecule has 0 radical (unpaired) electrons. The third-order valence-electron chi connectivity index (χ3n) is 5.64. The molecule has 0 aromatic heterocycles.